The first-order valence-corrected chi connectivity index (χ1v) is 12.6. The van der Waals surface area contributed by atoms with Gasteiger partial charge in [-0.05, 0) is 84.0 Å². The van der Waals surface area contributed by atoms with Crippen molar-refractivity contribution in [2.75, 3.05) is 0 Å². The largest absolute Gasteiger partial charge is 0.355 e. The van der Waals surface area contributed by atoms with E-state index >= 15 is 0 Å². The Morgan fingerprint density at radius 1 is 0.410 bits per heavy atom. The Labute approximate surface area is 241 Å². The van der Waals surface area contributed by atoms with Gasteiger partial charge in [0.15, 0.2) is 0 Å². The molecule has 0 fully saturated rings. The maximum absolute atomic E-state index is 4.63. The normalized spacial score (nSPS) is 11.6. The molecule has 39 heavy (non-hydrogen) atoms. The van der Waals surface area contributed by atoms with Gasteiger partial charge in [0.2, 0.25) is 0 Å². The third-order valence-corrected chi connectivity index (χ3v) is 6.11. The number of aromatic nitrogens is 4. The standard InChI is InChI=1S/C20H14N4.C14H12.Pt/c1-2-14-10-16-5-6-18(23-16)12-20-8-7-19(24-20)11-17-4-3-15(22-17)9-13(1)21-14;1-3-7-13(8-4-1)11-12-14-9-5-2-6-10-14;/h1-12,21,24H;1-12H;. The molecule has 2 aliphatic heterocycles. The Hall–Kier alpha value is -4.53. The first-order valence-electron chi connectivity index (χ1n) is 12.6. The van der Waals surface area contributed by atoms with Crippen molar-refractivity contribution >= 4 is 58.5 Å². The van der Waals surface area contributed by atoms with Crippen LogP contribution in [0.5, 0.6) is 0 Å². The Morgan fingerprint density at radius 3 is 1.03 bits per heavy atom. The molecule has 0 atom stereocenters. The van der Waals surface area contributed by atoms with Crippen molar-refractivity contribution in [2.24, 2.45) is 0 Å². The molecular formula is C34H26N4Pt. The van der Waals surface area contributed by atoms with E-state index < -0.39 is 0 Å². The number of H-pyrrole nitrogens is 2. The Bertz CT molecular complexity index is 1590. The molecule has 192 valence electrons. The monoisotopic (exact) mass is 685 g/mol. The maximum Gasteiger partial charge on any atom is 0.0658 e. The van der Waals surface area contributed by atoms with E-state index in [9.17, 15) is 0 Å². The van der Waals surface area contributed by atoms with Crippen molar-refractivity contribution in [3.63, 3.8) is 0 Å². The van der Waals surface area contributed by atoms with E-state index in [0.29, 0.717) is 0 Å². The van der Waals surface area contributed by atoms with E-state index in [-0.39, 0.29) is 21.1 Å². The van der Waals surface area contributed by atoms with Crippen LogP contribution in [0.2, 0.25) is 0 Å². The zero-order valence-electron chi connectivity index (χ0n) is 21.1. The smallest absolute Gasteiger partial charge is 0.0658 e. The zero-order valence-corrected chi connectivity index (χ0v) is 23.3. The van der Waals surface area contributed by atoms with Gasteiger partial charge in [-0.1, -0.05) is 72.8 Å². The Morgan fingerprint density at radius 2 is 0.718 bits per heavy atom. The molecule has 0 spiro atoms. The molecule has 2 aromatic carbocycles. The molecule has 5 heteroatoms. The molecule has 2 aliphatic rings. The van der Waals surface area contributed by atoms with Crippen molar-refractivity contribution < 1.29 is 21.1 Å². The number of hydrogen-bond acceptors (Lipinski definition) is 2. The van der Waals surface area contributed by atoms with Crippen molar-refractivity contribution in [2.45, 2.75) is 0 Å². The van der Waals surface area contributed by atoms with Crippen LogP contribution >= 0.6 is 0 Å². The summed E-state index contributed by atoms with van der Waals surface area (Å²) in [6.45, 7) is 0. The fraction of sp³-hybridized carbons (Fsp3) is 0. The van der Waals surface area contributed by atoms with Crippen LogP contribution in [0.3, 0.4) is 0 Å². The number of rotatable bonds is 2. The van der Waals surface area contributed by atoms with Crippen LogP contribution in [0.15, 0.2) is 109 Å². The summed E-state index contributed by atoms with van der Waals surface area (Å²) in [6.07, 6.45) is 12.3. The molecule has 0 aliphatic carbocycles. The van der Waals surface area contributed by atoms with Gasteiger partial charge in [-0.2, -0.15) is 0 Å². The summed E-state index contributed by atoms with van der Waals surface area (Å²) in [7, 11) is 0. The van der Waals surface area contributed by atoms with Crippen LogP contribution in [0, 0.1) is 0 Å². The summed E-state index contributed by atoms with van der Waals surface area (Å²) in [5.41, 5.74) is 10.3. The van der Waals surface area contributed by atoms with Gasteiger partial charge in [-0.15, -0.1) is 0 Å². The number of aromatic amines is 2. The molecule has 0 saturated heterocycles. The van der Waals surface area contributed by atoms with E-state index in [0.717, 1.165) is 44.8 Å². The molecule has 0 radical (unpaired) electrons. The molecule has 5 aromatic rings. The summed E-state index contributed by atoms with van der Waals surface area (Å²) in [5, 5.41) is 0. The zero-order chi connectivity index (χ0) is 25.6. The third-order valence-electron chi connectivity index (χ3n) is 6.11. The fourth-order valence-corrected chi connectivity index (χ4v) is 4.26. The van der Waals surface area contributed by atoms with Crippen molar-refractivity contribution in [3.05, 3.63) is 143 Å². The fourth-order valence-electron chi connectivity index (χ4n) is 4.26. The average molecular weight is 686 g/mol. The van der Waals surface area contributed by atoms with Gasteiger partial charge >= 0.3 is 0 Å². The summed E-state index contributed by atoms with van der Waals surface area (Å²) >= 11 is 0. The van der Waals surface area contributed by atoms with Gasteiger partial charge in [0.1, 0.15) is 0 Å². The molecule has 0 unspecified atom stereocenters. The summed E-state index contributed by atoms with van der Waals surface area (Å²) in [6, 6.07) is 37.0. The van der Waals surface area contributed by atoms with Crippen molar-refractivity contribution in [1.29, 1.82) is 0 Å². The van der Waals surface area contributed by atoms with Crippen LogP contribution in [0.25, 0.3) is 58.5 Å². The van der Waals surface area contributed by atoms with Crippen molar-refractivity contribution in [1.82, 2.24) is 19.9 Å². The van der Waals surface area contributed by atoms with E-state index in [1.165, 1.54) is 11.1 Å². The van der Waals surface area contributed by atoms with Gasteiger partial charge in [0.05, 0.1) is 22.8 Å². The predicted molar refractivity (Wildman–Crippen MR) is 161 cm³/mol. The summed E-state index contributed by atoms with van der Waals surface area (Å²) < 4.78 is 0. The maximum atomic E-state index is 4.63. The number of nitrogens with zero attached hydrogens (tertiary/aromatic N) is 2. The molecule has 0 amide bonds. The molecule has 8 bridgehead atoms. The first-order chi connectivity index (χ1) is 18.7. The average Bonchev–Trinajstić information content (AvgIpc) is 3.76. The topological polar surface area (TPSA) is 57.4 Å². The molecular weight excluding hydrogens is 659 g/mol. The number of nitrogens with one attached hydrogen (secondary N) is 2. The first kappa shape index (κ1) is 26.1. The van der Waals surface area contributed by atoms with E-state index in [4.69, 9.17) is 0 Å². The quantitative estimate of drug-likeness (QED) is 0.179. The third kappa shape index (κ3) is 7.07. The predicted octanol–water partition coefficient (Wildman–Crippen LogP) is 8.51. The SMILES string of the molecule is C(=Cc1ccccc1)c1ccccc1.C1=Cc2cc3ccc(cc4nc(cc5ccc(cc1n2)[nH]5)C=C4)[nH]3.[Pt]. The van der Waals surface area contributed by atoms with Crippen LogP contribution in [-0.2, 0) is 21.1 Å². The Kier molecular flexibility index (Phi) is 8.26. The van der Waals surface area contributed by atoms with Crippen LogP contribution < -0.4 is 0 Å². The minimum Gasteiger partial charge on any atom is -0.355 e. The molecule has 2 N–H and O–H groups in total. The van der Waals surface area contributed by atoms with Gasteiger partial charge < -0.3 is 9.97 Å². The minimum atomic E-state index is 0. The Balaban J connectivity index is 0.000000177. The van der Waals surface area contributed by atoms with Crippen LogP contribution in [0.4, 0.5) is 0 Å². The van der Waals surface area contributed by atoms with E-state index in [1.807, 2.05) is 85.0 Å². The van der Waals surface area contributed by atoms with Crippen LogP contribution in [-0.4, -0.2) is 19.9 Å². The minimum absolute atomic E-state index is 0. The second-order valence-corrected chi connectivity index (χ2v) is 9.06. The molecule has 3 aromatic heterocycles. The number of benzene rings is 2. The van der Waals surface area contributed by atoms with Crippen LogP contribution in [0.1, 0.15) is 33.9 Å². The van der Waals surface area contributed by atoms with Gasteiger partial charge in [-0.25, -0.2) is 9.97 Å². The molecule has 7 rings (SSSR count). The summed E-state index contributed by atoms with van der Waals surface area (Å²) in [5.74, 6) is 0. The molecule has 4 nitrogen and oxygen atoms in total. The number of fused-ring (bicyclic) bond motifs is 8. The van der Waals surface area contributed by atoms with Crippen molar-refractivity contribution in [3.8, 4) is 0 Å². The molecule has 5 heterocycles. The van der Waals surface area contributed by atoms with Gasteiger partial charge in [0.25, 0.3) is 0 Å². The van der Waals surface area contributed by atoms with Gasteiger partial charge in [-0.3, -0.25) is 0 Å². The number of hydrogen-bond donors (Lipinski definition) is 2. The molecule has 0 saturated carbocycles. The van der Waals surface area contributed by atoms with E-state index in [1.54, 1.807) is 0 Å². The second-order valence-electron chi connectivity index (χ2n) is 9.06. The van der Waals surface area contributed by atoms with Gasteiger partial charge in [0, 0.05) is 43.1 Å². The summed E-state index contributed by atoms with van der Waals surface area (Å²) in [4.78, 5) is 16.0. The second kappa shape index (κ2) is 12.3. The van der Waals surface area contributed by atoms with E-state index in [2.05, 4.69) is 80.6 Å².